The van der Waals surface area contributed by atoms with E-state index in [1.165, 1.54) is 19.3 Å². The van der Waals surface area contributed by atoms with Crippen LogP contribution in [0.1, 0.15) is 42.5 Å². The standard InChI is InChI=1S/C15H19NO4/c17-14(18)10-20-13-8-6-11(7-9-13)15(19)16-12-4-2-1-3-5-12/h6-9,12H,1-5,10H2,(H,16,19)(H,17,18). The Hall–Kier alpha value is -2.04. The molecule has 0 spiro atoms. The average Bonchev–Trinajstić information content (AvgIpc) is 2.46. The van der Waals surface area contributed by atoms with Crippen LogP contribution in [0.25, 0.3) is 0 Å². The molecule has 0 aliphatic heterocycles. The number of hydrogen-bond acceptors (Lipinski definition) is 3. The minimum absolute atomic E-state index is 0.0818. The Morgan fingerprint density at radius 2 is 1.80 bits per heavy atom. The Balaban J connectivity index is 1.88. The summed E-state index contributed by atoms with van der Waals surface area (Å²) in [6.45, 7) is -0.381. The van der Waals surface area contributed by atoms with Gasteiger partial charge in [-0.25, -0.2) is 4.79 Å². The van der Waals surface area contributed by atoms with E-state index >= 15 is 0 Å². The lowest BCUT2D eigenvalue weighted by Crippen LogP contribution is -2.36. The first-order chi connectivity index (χ1) is 9.65. The Morgan fingerprint density at radius 1 is 1.15 bits per heavy atom. The van der Waals surface area contributed by atoms with Crippen molar-refractivity contribution in [2.75, 3.05) is 6.61 Å². The molecule has 0 unspecified atom stereocenters. The molecule has 20 heavy (non-hydrogen) atoms. The molecule has 1 aromatic carbocycles. The predicted octanol–water partition coefficient (Wildman–Crippen LogP) is 2.21. The molecule has 1 aliphatic rings. The number of nitrogens with one attached hydrogen (secondary N) is 1. The topological polar surface area (TPSA) is 75.6 Å². The zero-order chi connectivity index (χ0) is 14.4. The van der Waals surface area contributed by atoms with Gasteiger partial charge in [0.1, 0.15) is 5.75 Å². The van der Waals surface area contributed by atoms with Gasteiger partial charge >= 0.3 is 5.97 Å². The van der Waals surface area contributed by atoms with Gasteiger partial charge in [0.25, 0.3) is 5.91 Å². The zero-order valence-corrected chi connectivity index (χ0v) is 11.3. The highest BCUT2D eigenvalue weighted by Gasteiger charge is 2.16. The molecule has 1 saturated carbocycles. The maximum absolute atomic E-state index is 12.0. The second-order valence-electron chi connectivity index (χ2n) is 5.02. The van der Waals surface area contributed by atoms with Gasteiger partial charge in [0.05, 0.1) is 0 Å². The molecule has 1 aliphatic carbocycles. The Labute approximate surface area is 117 Å². The van der Waals surface area contributed by atoms with Crippen LogP contribution in [0.3, 0.4) is 0 Å². The number of carboxylic acids is 1. The van der Waals surface area contributed by atoms with Gasteiger partial charge in [0.2, 0.25) is 0 Å². The fourth-order valence-corrected chi connectivity index (χ4v) is 2.36. The first kappa shape index (κ1) is 14.4. The number of amides is 1. The van der Waals surface area contributed by atoms with Crippen LogP contribution in [0, 0.1) is 0 Å². The first-order valence-electron chi connectivity index (χ1n) is 6.90. The molecule has 1 aromatic rings. The molecule has 5 nitrogen and oxygen atoms in total. The number of carbonyl (C=O) groups excluding carboxylic acids is 1. The summed E-state index contributed by atoms with van der Waals surface area (Å²) in [6.07, 6.45) is 5.69. The van der Waals surface area contributed by atoms with Crippen molar-refractivity contribution in [2.45, 2.75) is 38.1 Å². The summed E-state index contributed by atoms with van der Waals surface area (Å²) in [4.78, 5) is 22.4. The molecule has 2 N–H and O–H groups in total. The van der Waals surface area contributed by atoms with Gasteiger partial charge in [-0.2, -0.15) is 0 Å². The highest BCUT2D eigenvalue weighted by Crippen LogP contribution is 2.18. The molecular weight excluding hydrogens is 258 g/mol. The van der Waals surface area contributed by atoms with Gasteiger partial charge in [-0.05, 0) is 37.1 Å². The first-order valence-corrected chi connectivity index (χ1v) is 6.90. The predicted molar refractivity (Wildman–Crippen MR) is 73.9 cm³/mol. The maximum Gasteiger partial charge on any atom is 0.341 e. The summed E-state index contributed by atoms with van der Waals surface area (Å²) in [5.41, 5.74) is 0.568. The van der Waals surface area contributed by atoms with Crippen LogP contribution in [0.2, 0.25) is 0 Å². The Kier molecular flexibility index (Phi) is 4.98. The van der Waals surface area contributed by atoms with E-state index in [0.717, 1.165) is 12.8 Å². The Bertz CT molecular complexity index is 463. The molecule has 5 heteroatoms. The largest absolute Gasteiger partial charge is 0.482 e. The van der Waals surface area contributed by atoms with Gasteiger partial charge in [-0.15, -0.1) is 0 Å². The van der Waals surface area contributed by atoms with Crippen LogP contribution in [0.15, 0.2) is 24.3 Å². The van der Waals surface area contributed by atoms with Crippen molar-refractivity contribution in [3.63, 3.8) is 0 Å². The van der Waals surface area contributed by atoms with Crippen LogP contribution in [-0.4, -0.2) is 29.6 Å². The minimum atomic E-state index is -1.02. The van der Waals surface area contributed by atoms with Crippen molar-refractivity contribution in [1.29, 1.82) is 0 Å². The van der Waals surface area contributed by atoms with Crippen LogP contribution < -0.4 is 10.1 Å². The summed E-state index contributed by atoms with van der Waals surface area (Å²) in [6, 6.07) is 6.79. The molecule has 0 heterocycles. The van der Waals surface area contributed by atoms with E-state index in [4.69, 9.17) is 9.84 Å². The number of hydrogen-bond donors (Lipinski definition) is 2. The third kappa shape index (κ3) is 4.26. The van der Waals surface area contributed by atoms with Gasteiger partial charge < -0.3 is 15.2 Å². The lowest BCUT2D eigenvalue weighted by molar-refractivity contribution is -0.139. The Morgan fingerprint density at radius 3 is 2.40 bits per heavy atom. The molecule has 0 aromatic heterocycles. The fraction of sp³-hybridized carbons (Fsp3) is 0.467. The molecule has 108 valence electrons. The van der Waals surface area contributed by atoms with Crippen molar-refractivity contribution < 1.29 is 19.4 Å². The van der Waals surface area contributed by atoms with E-state index < -0.39 is 5.97 Å². The highest BCUT2D eigenvalue weighted by atomic mass is 16.5. The summed E-state index contributed by atoms with van der Waals surface area (Å²) >= 11 is 0. The van der Waals surface area contributed by atoms with E-state index in [9.17, 15) is 9.59 Å². The van der Waals surface area contributed by atoms with E-state index in [2.05, 4.69) is 5.32 Å². The smallest absolute Gasteiger partial charge is 0.341 e. The number of rotatable bonds is 5. The molecule has 1 fully saturated rings. The van der Waals surface area contributed by atoms with Crippen molar-refractivity contribution in [3.05, 3.63) is 29.8 Å². The second kappa shape index (κ2) is 6.93. The normalized spacial score (nSPS) is 15.6. The van der Waals surface area contributed by atoms with Gasteiger partial charge in [0, 0.05) is 11.6 Å². The van der Waals surface area contributed by atoms with Crippen LogP contribution >= 0.6 is 0 Å². The molecular formula is C15H19NO4. The van der Waals surface area contributed by atoms with Crippen LogP contribution in [0.5, 0.6) is 5.75 Å². The van der Waals surface area contributed by atoms with Crippen LogP contribution in [0.4, 0.5) is 0 Å². The van der Waals surface area contributed by atoms with E-state index in [-0.39, 0.29) is 18.6 Å². The fourth-order valence-electron chi connectivity index (χ4n) is 2.36. The van der Waals surface area contributed by atoms with Crippen molar-refractivity contribution in [2.24, 2.45) is 0 Å². The third-order valence-corrected chi connectivity index (χ3v) is 3.42. The van der Waals surface area contributed by atoms with E-state index in [1.807, 2.05) is 0 Å². The lowest BCUT2D eigenvalue weighted by Gasteiger charge is -2.22. The molecule has 2 rings (SSSR count). The van der Waals surface area contributed by atoms with E-state index in [0.29, 0.717) is 11.3 Å². The molecule has 0 atom stereocenters. The molecule has 1 amide bonds. The third-order valence-electron chi connectivity index (χ3n) is 3.42. The summed E-state index contributed by atoms with van der Waals surface area (Å²) in [5.74, 6) is -0.660. The van der Waals surface area contributed by atoms with Crippen molar-refractivity contribution in [3.8, 4) is 5.75 Å². The molecule has 0 bridgehead atoms. The number of carbonyl (C=O) groups is 2. The number of ether oxygens (including phenoxy) is 1. The van der Waals surface area contributed by atoms with E-state index in [1.54, 1.807) is 24.3 Å². The molecule has 0 radical (unpaired) electrons. The highest BCUT2D eigenvalue weighted by molar-refractivity contribution is 5.94. The minimum Gasteiger partial charge on any atom is -0.482 e. The molecule has 0 saturated heterocycles. The number of aliphatic carboxylic acids is 1. The monoisotopic (exact) mass is 277 g/mol. The summed E-state index contributed by atoms with van der Waals surface area (Å²) in [7, 11) is 0. The van der Waals surface area contributed by atoms with Gasteiger partial charge in [-0.3, -0.25) is 4.79 Å². The zero-order valence-electron chi connectivity index (χ0n) is 11.3. The SMILES string of the molecule is O=C(O)COc1ccc(C(=O)NC2CCCCC2)cc1. The average molecular weight is 277 g/mol. The number of benzene rings is 1. The summed E-state index contributed by atoms with van der Waals surface area (Å²) in [5, 5.41) is 11.5. The second-order valence-corrected chi connectivity index (χ2v) is 5.02. The van der Waals surface area contributed by atoms with Gasteiger partial charge in [0.15, 0.2) is 6.61 Å². The van der Waals surface area contributed by atoms with Crippen molar-refractivity contribution in [1.82, 2.24) is 5.32 Å². The number of carboxylic acid groups (broad SMARTS) is 1. The quantitative estimate of drug-likeness (QED) is 0.865. The van der Waals surface area contributed by atoms with Crippen LogP contribution in [-0.2, 0) is 4.79 Å². The van der Waals surface area contributed by atoms with Gasteiger partial charge in [-0.1, -0.05) is 19.3 Å². The van der Waals surface area contributed by atoms with Crippen molar-refractivity contribution >= 4 is 11.9 Å². The summed E-state index contributed by atoms with van der Waals surface area (Å²) < 4.78 is 5.02. The lowest BCUT2D eigenvalue weighted by atomic mass is 9.95. The maximum atomic E-state index is 12.0.